The number of unbranched alkanes of at least 4 members (excludes halogenated alkanes) is 41. The highest BCUT2D eigenvalue weighted by Gasteiger charge is 2.19. The van der Waals surface area contributed by atoms with Gasteiger partial charge in [0.25, 0.3) is 0 Å². The molecular weight excluding hydrogens is 949 g/mol. The monoisotopic (exact) mass is 1080 g/mol. The first-order valence-corrected chi connectivity index (χ1v) is 33.8. The van der Waals surface area contributed by atoms with Gasteiger partial charge in [-0.25, -0.2) is 0 Å². The van der Waals surface area contributed by atoms with Gasteiger partial charge < -0.3 is 14.2 Å². The Kier molecular flexibility index (Phi) is 63.2. The molecule has 0 spiro atoms. The highest BCUT2D eigenvalue weighted by atomic mass is 16.6. The van der Waals surface area contributed by atoms with Gasteiger partial charge in [-0.15, -0.1) is 0 Å². The van der Waals surface area contributed by atoms with Gasteiger partial charge in [-0.2, -0.15) is 0 Å². The molecule has 0 rings (SSSR count). The average molecular weight is 1080 g/mol. The maximum Gasteiger partial charge on any atom is 0.306 e. The van der Waals surface area contributed by atoms with E-state index in [2.05, 4.69) is 81.5 Å². The van der Waals surface area contributed by atoms with E-state index in [1.165, 1.54) is 212 Å². The van der Waals surface area contributed by atoms with Crippen molar-refractivity contribution < 1.29 is 28.6 Å². The Labute approximate surface area is 479 Å². The summed E-state index contributed by atoms with van der Waals surface area (Å²) in [5.41, 5.74) is 0. The SMILES string of the molecule is CCCCCC/C=C\C/C=C\CCCCCCCC(=O)OCC(COC(=O)CCCCCCCCCCCCCCCCCCCCCCCC)OC(=O)CCCCCCCC/C=C\C/C=C\C/C=C\CCCCCCC. The molecule has 0 saturated carbocycles. The fourth-order valence-electron chi connectivity index (χ4n) is 9.89. The number of allylic oxidation sites excluding steroid dienone is 10. The number of ether oxygens (including phenoxy) is 3. The van der Waals surface area contributed by atoms with Gasteiger partial charge in [0.2, 0.25) is 0 Å². The Morgan fingerprint density at radius 2 is 0.468 bits per heavy atom. The predicted molar refractivity (Wildman–Crippen MR) is 335 cm³/mol. The summed E-state index contributed by atoms with van der Waals surface area (Å²) >= 11 is 0. The molecular formula is C71H128O6. The van der Waals surface area contributed by atoms with Gasteiger partial charge in [-0.3, -0.25) is 14.4 Å². The van der Waals surface area contributed by atoms with Crippen molar-refractivity contribution in [2.45, 2.75) is 361 Å². The molecule has 6 nitrogen and oxygen atoms in total. The summed E-state index contributed by atoms with van der Waals surface area (Å²) < 4.78 is 17.0. The lowest BCUT2D eigenvalue weighted by molar-refractivity contribution is -0.167. The van der Waals surface area contributed by atoms with Crippen LogP contribution >= 0.6 is 0 Å². The van der Waals surface area contributed by atoms with E-state index >= 15 is 0 Å². The Morgan fingerprint density at radius 1 is 0.260 bits per heavy atom. The van der Waals surface area contributed by atoms with Gasteiger partial charge in [0.1, 0.15) is 13.2 Å². The summed E-state index contributed by atoms with van der Waals surface area (Å²) in [6.07, 6.45) is 83.7. The molecule has 448 valence electrons. The Hall–Kier alpha value is -2.89. The Bertz CT molecular complexity index is 1380. The van der Waals surface area contributed by atoms with Crippen molar-refractivity contribution in [3.8, 4) is 0 Å². The Balaban J connectivity index is 4.36. The minimum Gasteiger partial charge on any atom is -0.462 e. The molecule has 1 atom stereocenters. The minimum absolute atomic E-state index is 0.0810. The molecule has 0 amide bonds. The molecule has 0 saturated heterocycles. The van der Waals surface area contributed by atoms with Crippen LogP contribution in [0.15, 0.2) is 60.8 Å². The predicted octanol–water partition coefficient (Wildman–Crippen LogP) is 23.1. The topological polar surface area (TPSA) is 78.9 Å². The van der Waals surface area contributed by atoms with E-state index in [0.29, 0.717) is 19.3 Å². The highest BCUT2D eigenvalue weighted by Crippen LogP contribution is 2.17. The van der Waals surface area contributed by atoms with Gasteiger partial charge in [-0.05, 0) is 89.9 Å². The molecule has 0 aromatic heterocycles. The standard InChI is InChI=1S/C71H128O6/c1-4-7-10-13-16-19-22-25-28-31-33-35-37-38-40-43-46-49-52-55-58-61-64-70(73)76-67-68(66-75-69(72)63-60-57-54-51-48-45-42-30-27-24-21-18-15-12-9-6-3)77-71(74)65-62-59-56-53-50-47-44-41-39-36-34-32-29-26-23-20-17-14-11-8-5-2/h21,23-24,26,30,32,34,39,41-42,68H,4-20,22,25,27-29,31,33,35-38,40,43-67H2,1-3H3/b24-21-,26-23-,34-32-,41-39-,42-30-. The second-order valence-corrected chi connectivity index (χ2v) is 22.7. The van der Waals surface area contributed by atoms with Crippen molar-refractivity contribution in [3.63, 3.8) is 0 Å². The maximum absolute atomic E-state index is 12.9. The molecule has 1 unspecified atom stereocenters. The first-order chi connectivity index (χ1) is 38.0. The quantitative estimate of drug-likeness (QED) is 0.0261. The van der Waals surface area contributed by atoms with Crippen molar-refractivity contribution in [2.24, 2.45) is 0 Å². The number of carbonyl (C=O) groups is 3. The van der Waals surface area contributed by atoms with E-state index in [-0.39, 0.29) is 31.1 Å². The van der Waals surface area contributed by atoms with Crippen LogP contribution in [0.3, 0.4) is 0 Å². The molecule has 0 aromatic rings. The molecule has 0 aliphatic rings. The van der Waals surface area contributed by atoms with Crippen LogP contribution in [-0.4, -0.2) is 37.2 Å². The average Bonchev–Trinajstić information content (AvgIpc) is 3.43. The normalized spacial score (nSPS) is 12.4. The zero-order chi connectivity index (χ0) is 55.7. The third kappa shape index (κ3) is 63.8. The zero-order valence-electron chi connectivity index (χ0n) is 51.5. The molecule has 0 aromatic carbocycles. The molecule has 0 bridgehead atoms. The molecule has 0 radical (unpaired) electrons. The van der Waals surface area contributed by atoms with E-state index in [0.717, 1.165) is 103 Å². The third-order valence-electron chi connectivity index (χ3n) is 15.0. The molecule has 0 aliphatic heterocycles. The van der Waals surface area contributed by atoms with Crippen molar-refractivity contribution in [1.29, 1.82) is 0 Å². The van der Waals surface area contributed by atoms with Crippen LogP contribution < -0.4 is 0 Å². The van der Waals surface area contributed by atoms with Crippen molar-refractivity contribution in [1.82, 2.24) is 0 Å². The summed E-state index contributed by atoms with van der Waals surface area (Å²) in [4.78, 5) is 38.4. The van der Waals surface area contributed by atoms with E-state index in [9.17, 15) is 14.4 Å². The van der Waals surface area contributed by atoms with E-state index in [4.69, 9.17) is 14.2 Å². The number of carbonyl (C=O) groups excluding carboxylic acids is 3. The molecule has 0 N–H and O–H groups in total. The lowest BCUT2D eigenvalue weighted by Gasteiger charge is -2.18. The maximum atomic E-state index is 12.9. The highest BCUT2D eigenvalue weighted by molar-refractivity contribution is 5.71. The third-order valence-corrected chi connectivity index (χ3v) is 15.0. The fourth-order valence-corrected chi connectivity index (χ4v) is 9.89. The minimum atomic E-state index is -0.787. The van der Waals surface area contributed by atoms with Gasteiger partial charge in [0.15, 0.2) is 6.10 Å². The summed E-state index contributed by atoms with van der Waals surface area (Å²) in [5, 5.41) is 0. The van der Waals surface area contributed by atoms with E-state index in [1.807, 2.05) is 0 Å². The van der Waals surface area contributed by atoms with Crippen LogP contribution in [-0.2, 0) is 28.6 Å². The lowest BCUT2D eigenvalue weighted by Crippen LogP contribution is -2.30. The number of hydrogen-bond acceptors (Lipinski definition) is 6. The zero-order valence-corrected chi connectivity index (χ0v) is 51.5. The van der Waals surface area contributed by atoms with Crippen molar-refractivity contribution in [3.05, 3.63) is 60.8 Å². The molecule has 0 aliphatic carbocycles. The summed E-state index contributed by atoms with van der Waals surface area (Å²) in [6.45, 7) is 6.65. The largest absolute Gasteiger partial charge is 0.462 e. The van der Waals surface area contributed by atoms with E-state index in [1.54, 1.807) is 0 Å². The van der Waals surface area contributed by atoms with E-state index < -0.39 is 6.10 Å². The van der Waals surface area contributed by atoms with Crippen LogP contribution in [0, 0.1) is 0 Å². The molecule has 0 fully saturated rings. The summed E-state index contributed by atoms with van der Waals surface area (Å²) in [5.74, 6) is -0.887. The second-order valence-electron chi connectivity index (χ2n) is 22.7. The van der Waals surface area contributed by atoms with Crippen LogP contribution in [0.2, 0.25) is 0 Å². The molecule has 0 heterocycles. The van der Waals surface area contributed by atoms with Gasteiger partial charge in [0.05, 0.1) is 0 Å². The number of esters is 3. The van der Waals surface area contributed by atoms with Gasteiger partial charge in [-0.1, -0.05) is 306 Å². The number of rotatable bonds is 62. The molecule has 6 heteroatoms. The second kappa shape index (κ2) is 65.6. The smallest absolute Gasteiger partial charge is 0.306 e. The van der Waals surface area contributed by atoms with Crippen molar-refractivity contribution in [2.75, 3.05) is 13.2 Å². The lowest BCUT2D eigenvalue weighted by atomic mass is 10.0. The van der Waals surface area contributed by atoms with Crippen LogP contribution in [0.5, 0.6) is 0 Å². The van der Waals surface area contributed by atoms with Crippen molar-refractivity contribution >= 4 is 17.9 Å². The Morgan fingerprint density at radius 3 is 0.740 bits per heavy atom. The molecule has 77 heavy (non-hydrogen) atoms. The summed E-state index contributed by atoms with van der Waals surface area (Å²) in [7, 11) is 0. The fraction of sp³-hybridized carbons (Fsp3) is 0.817. The van der Waals surface area contributed by atoms with Crippen LogP contribution in [0.25, 0.3) is 0 Å². The van der Waals surface area contributed by atoms with Gasteiger partial charge >= 0.3 is 17.9 Å². The first-order valence-electron chi connectivity index (χ1n) is 33.8. The van der Waals surface area contributed by atoms with Crippen LogP contribution in [0.1, 0.15) is 355 Å². The van der Waals surface area contributed by atoms with Crippen LogP contribution in [0.4, 0.5) is 0 Å². The number of hydrogen-bond donors (Lipinski definition) is 0. The summed E-state index contributed by atoms with van der Waals surface area (Å²) in [6, 6.07) is 0. The first kappa shape index (κ1) is 74.1. The van der Waals surface area contributed by atoms with Gasteiger partial charge in [0, 0.05) is 19.3 Å².